The van der Waals surface area contributed by atoms with Gasteiger partial charge in [-0.15, -0.1) is 0 Å². The molecular formula is C31H53N. The minimum atomic E-state index is 0.603. The fourth-order valence-corrected chi connectivity index (χ4v) is 4.45. The summed E-state index contributed by atoms with van der Waals surface area (Å²) in [4.78, 5) is 0. The van der Waals surface area contributed by atoms with E-state index in [4.69, 9.17) is 5.73 Å². The Hall–Kier alpha value is -1.34. The van der Waals surface area contributed by atoms with Crippen LogP contribution in [0.5, 0.6) is 0 Å². The maximum Gasteiger partial charge on any atom is -0.00773 e. The van der Waals surface area contributed by atoms with Crippen LogP contribution in [-0.4, -0.2) is 6.54 Å². The molecule has 1 heteroatoms. The molecule has 0 amide bonds. The molecule has 0 atom stereocenters. The van der Waals surface area contributed by atoms with E-state index in [0.717, 1.165) is 6.54 Å². The molecule has 1 nitrogen and oxygen atoms in total. The molecule has 0 radical (unpaired) electrons. The summed E-state index contributed by atoms with van der Waals surface area (Å²) in [5.41, 5.74) is 6.93. The van der Waals surface area contributed by atoms with Crippen molar-refractivity contribution in [1.29, 1.82) is 0 Å². The van der Waals surface area contributed by atoms with E-state index in [-0.39, 0.29) is 0 Å². The van der Waals surface area contributed by atoms with Crippen molar-refractivity contribution < 1.29 is 0 Å². The summed E-state index contributed by atoms with van der Waals surface area (Å²) in [6.07, 6.45) is 22.9. The maximum atomic E-state index is 5.48. The Labute approximate surface area is 200 Å². The van der Waals surface area contributed by atoms with Crippen molar-refractivity contribution in [2.45, 2.75) is 129 Å². The van der Waals surface area contributed by atoms with E-state index in [1.807, 2.05) is 0 Å². The van der Waals surface area contributed by atoms with Crippen LogP contribution in [0.3, 0.4) is 0 Å². The second-order valence-electron chi connectivity index (χ2n) is 9.82. The van der Waals surface area contributed by atoms with E-state index < -0.39 is 0 Å². The molecule has 0 unspecified atom stereocenters. The number of nitrogens with two attached hydrogens (primary N) is 1. The SMILES string of the molecule is CC(C)c1cccc2ccccc12.CCCCCCCCCCCCCCCCCCN. The van der Waals surface area contributed by atoms with Crippen LogP contribution in [-0.2, 0) is 0 Å². The van der Waals surface area contributed by atoms with Crippen LogP contribution in [0.1, 0.15) is 135 Å². The number of rotatable bonds is 17. The molecule has 2 aromatic rings. The normalized spacial score (nSPS) is 11.0. The quantitative estimate of drug-likeness (QED) is 0.244. The summed E-state index contributed by atoms with van der Waals surface area (Å²) in [6.45, 7) is 7.64. The summed E-state index contributed by atoms with van der Waals surface area (Å²) in [5, 5.41) is 2.73. The van der Waals surface area contributed by atoms with Gasteiger partial charge in [-0.2, -0.15) is 0 Å². The Morgan fingerprint density at radius 3 is 1.47 bits per heavy atom. The van der Waals surface area contributed by atoms with Crippen molar-refractivity contribution in [1.82, 2.24) is 0 Å². The van der Waals surface area contributed by atoms with Crippen molar-refractivity contribution in [3.05, 3.63) is 48.0 Å². The lowest BCUT2D eigenvalue weighted by atomic mass is 9.96. The van der Waals surface area contributed by atoms with Gasteiger partial charge in [0.2, 0.25) is 0 Å². The lowest BCUT2D eigenvalue weighted by Gasteiger charge is -2.08. The van der Waals surface area contributed by atoms with Crippen molar-refractivity contribution in [3.8, 4) is 0 Å². The number of hydrogen-bond donors (Lipinski definition) is 1. The fourth-order valence-electron chi connectivity index (χ4n) is 4.45. The van der Waals surface area contributed by atoms with E-state index in [9.17, 15) is 0 Å². The molecule has 0 fully saturated rings. The van der Waals surface area contributed by atoms with Gasteiger partial charge >= 0.3 is 0 Å². The lowest BCUT2D eigenvalue weighted by molar-refractivity contribution is 0.530. The number of fused-ring (bicyclic) bond motifs is 1. The second-order valence-corrected chi connectivity index (χ2v) is 9.82. The Morgan fingerprint density at radius 1 is 0.562 bits per heavy atom. The molecular weight excluding hydrogens is 386 g/mol. The lowest BCUT2D eigenvalue weighted by Crippen LogP contribution is -1.97. The minimum Gasteiger partial charge on any atom is -0.330 e. The second kappa shape index (κ2) is 20.3. The van der Waals surface area contributed by atoms with Crippen LogP contribution in [0.25, 0.3) is 10.8 Å². The van der Waals surface area contributed by atoms with Crippen LogP contribution in [0.2, 0.25) is 0 Å². The zero-order valence-corrected chi connectivity index (χ0v) is 21.7. The zero-order valence-electron chi connectivity index (χ0n) is 21.7. The number of benzene rings is 2. The third-order valence-corrected chi connectivity index (χ3v) is 6.50. The molecule has 0 spiro atoms. The van der Waals surface area contributed by atoms with Crippen molar-refractivity contribution >= 4 is 10.8 Å². The molecule has 2 aromatic carbocycles. The Morgan fingerprint density at radius 2 is 1.00 bits per heavy atom. The molecule has 0 bridgehead atoms. The summed E-state index contributed by atoms with van der Waals surface area (Å²) in [5.74, 6) is 0.603. The zero-order chi connectivity index (χ0) is 23.3. The van der Waals surface area contributed by atoms with Gasteiger partial charge in [0, 0.05) is 0 Å². The monoisotopic (exact) mass is 439 g/mol. The van der Waals surface area contributed by atoms with Gasteiger partial charge in [-0.1, -0.05) is 160 Å². The molecule has 0 aliphatic rings. The molecule has 32 heavy (non-hydrogen) atoms. The number of unbranched alkanes of at least 4 members (excludes halogenated alkanes) is 15. The van der Waals surface area contributed by atoms with Crippen LogP contribution >= 0.6 is 0 Å². The van der Waals surface area contributed by atoms with Gasteiger partial charge in [0.15, 0.2) is 0 Å². The van der Waals surface area contributed by atoms with Gasteiger partial charge in [0.05, 0.1) is 0 Å². The van der Waals surface area contributed by atoms with Crippen molar-refractivity contribution in [2.24, 2.45) is 5.73 Å². The van der Waals surface area contributed by atoms with Gasteiger partial charge in [0.1, 0.15) is 0 Å². The largest absolute Gasteiger partial charge is 0.330 e. The molecule has 2 N–H and O–H groups in total. The fraction of sp³-hybridized carbons (Fsp3) is 0.677. The molecule has 2 rings (SSSR count). The van der Waals surface area contributed by atoms with E-state index in [1.165, 1.54) is 119 Å². The minimum absolute atomic E-state index is 0.603. The number of hydrogen-bond acceptors (Lipinski definition) is 1. The third-order valence-electron chi connectivity index (χ3n) is 6.50. The van der Waals surface area contributed by atoms with E-state index in [0.29, 0.717) is 5.92 Å². The smallest absolute Gasteiger partial charge is 0.00773 e. The van der Waals surface area contributed by atoms with Gasteiger partial charge in [-0.05, 0) is 35.2 Å². The first kappa shape index (κ1) is 28.7. The molecule has 0 heterocycles. The van der Waals surface area contributed by atoms with Crippen LogP contribution in [0.4, 0.5) is 0 Å². The predicted molar refractivity (Wildman–Crippen MR) is 147 cm³/mol. The highest BCUT2D eigenvalue weighted by atomic mass is 14.5. The summed E-state index contributed by atoms with van der Waals surface area (Å²) in [6, 6.07) is 15.1. The predicted octanol–water partition coefficient (Wildman–Crippen LogP) is 10.2. The van der Waals surface area contributed by atoms with Gasteiger partial charge in [-0.3, -0.25) is 0 Å². The van der Waals surface area contributed by atoms with Crippen molar-refractivity contribution in [2.75, 3.05) is 6.54 Å². The summed E-state index contributed by atoms with van der Waals surface area (Å²) >= 11 is 0. The first-order chi connectivity index (χ1) is 15.7. The molecule has 0 saturated carbocycles. The molecule has 0 aliphatic heterocycles. The standard InChI is InChI=1S/C18H39N.C13H14/c1-2-3-4-5-6-7-8-9-10-11-12-13-14-15-16-17-18-19;1-10(2)12-9-5-7-11-6-3-4-8-13(11)12/h2-19H2,1H3;3-10H,1-2H3. The molecule has 0 aromatic heterocycles. The summed E-state index contributed by atoms with van der Waals surface area (Å²) in [7, 11) is 0. The Balaban J connectivity index is 0.000000339. The van der Waals surface area contributed by atoms with Gasteiger partial charge in [-0.25, -0.2) is 0 Å². The average molecular weight is 440 g/mol. The Bertz CT molecular complexity index is 639. The van der Waals surface area contributed by atoms with Gasteiger partial charge in [0.25, 0.3) is 0 Å². The summed E-state index contributed by atoms with van der Waals surface area (Å²) < 4.78 is 0. The average Bonchev–Trinajstić information content (AvgIpc) is 2.81. The molecule has 0 aliphatic carbocycles. The first-order valence-electron chi connectivity index (χ1n) is 13.9. The highest BCUT2D eigenvalue weighted by Crippen LogP contribution is 2.24. The van der Waals surface area contributed by atoms with Crippen LogP contribution in [0, 0.1) is 0 Å². The van der Waals surface area contributed by atoms with Crippen molar-refractivity contribution in [3.63, 3.8) is 0 Å². The van der Waals surface area contributed by atoms with Crippen LogP contribution in [0.15, 0.2) is 42.5 Å². The first-order valence-corrected chi connectivity index (χ1v) is 13.9. The highest BCUT2D eigenvalue weighted by molar-refractivity contribution is 5.86. The van der Waals surface area contributed by atoms with Crippen LogP contribution < -0.4 is 5.73 Å². The molecule has 182 valence electrons. The molecule has 0 saturated heterocycles. The Kier molecular flexibility index (Phi) is 18.2. The maximum absolute atomic E-state index is 5.48. The van der Waals surface area contributed by atoms with E-state index in [2.05, 4.69) is 63.2 Å². The van der Waals surface area contributed by atoms with E-state index in [1.54, 1.807) is 0 Å². The topological polar surface area (TPSA) is 26.0 Å². The highest BCUT2D eigenvalue weighted by Gasteiger charge is 2.02. The third kappa shape index (κ3) is 13.9. The van der Waals surface area contributed by atoms with E-state index >= 15 is 0 Å². The van der Waals surface area contributed by atoms with Gasteiger partial charge < -0.3 is 5.73 Å².